The molecule has 1 amide bonds. The van der Waals surface area contributed by atoms with E-state index in [2.05, 4.69) is 15.1 Å². The molecule has 41 heavy (non-hydrogen) atoms. The van der Waals surface area contributed by atoms with Crippen LogP contribution in [0.15, 0.2) is 53.7 Å². The Labute approximate surface area is 230 Å². The third-order valence-corrected chi connectivity index (χ3v) is 7.25. The lowest BCUT2D eigenvalue weighted by atomic mass is 10.0. The topological polar surface area (TPSA) is 133 Å². The van der Waals surface area contributed by atoms with E-state index in [1.54, 1.807) is 6.92 Å². The summed E-state index contributed by atoms with van der Waals surface area (Å²) in [6.45, 7) is 0.0499. The van der Waals surface area contributed by atoms with Crippen molar-refractivity contribution in [2.75, 3.05) is 23.3 Å². The highest BCUT2D eigenvalue weighted by atomic mass is 32.2. The van der Waals surface area contributed by atoms with Gasteiger partial charge < -0.3 is 10.5 Å². The van der Waals surface area contributed by atoms with E-state index in [1.807, 2.05) is 0 Å². The van der Waals surface area contributed by atoms with Crippen molar-refractivity contribution in [1.29, 1.82) is 0 Å². The van der Waals surface area contributed by atoms with E-state index >= 15 is 8.78 Å². The number of nitrogens with zero attached hydrogens (tertiary/aromatic N) is 5. The Bertz CT molecular complexity index is 1720. The van der Waals surface area contributed by atoms with Crippen molar-refractivity contribution >= 4 is 27.8 Å². The third-order valence-electron chi connectivity index (χ3n) is 5.56. The van der Waals surface area contributed by atoms with Crippen molar-refractivity contribution in [1.82, 2.24) is 19.7 Å². The predicted molar refractivity (Wildman–Crippen MR) is 137 cm³/mol. The molecule has 2 heterocycles. The Morgan fingerprint density at radius 3 is 2.51 bits per heavy atom. The lowest BCUT2D eigenvalue weighted by Gasteiger charge is -2.23. The van der Waals surface area contributed by atoms with Gasteiger partial charge in [0.15, 0.2) is 5.82 Å². The number of hydrogen-bond donors (Lipinski definition) is 1. The number of amides is 1. The van der Waals surface area contributed by atoms with Gasteiger partial charge in [-0.1, -0.05) is 6.92 Å². The first-order valence-electron chi connectivity index (χ1n) is 11.9. The summed E-state index contributed by atoms with van der Waals surface area (Å²) in [6, 6.07) is 4.02. The van der Waals surface area contributed by atoms with Gasteiger partial charge in [-0.2, -0.15) is 9.40 Å². The van der Waals surface area contributed by atoms with Gasteiger partial charge in [-0.3, -0.25) is 4.68 Å². The van der Waals surface area contributed by atoms with Crippen molar-refractivity contribution in [3.05, 3.63) is 72.1 Å². The largest absolute Gasteiger partial charge is 0.448 e. The SMILES string of the molecule is CCCOC(=O)N(c1ccc(F)c(-c2nn(CCF)cc2-c2ccnc(N)n2)c1F)S(=O)(=O)c1cc(F)ccc1F. The quantitative estimate of drug-likeness (QED) is 0.271. The van der Waals surface area contributed by atoms with Gasteiger partial charge in [-0.25, -0.2) is 45.1 Å². The van der Waals surface area contributed by atoms with Gasteiger partial charge in [-0.15, -0.1) is 0 Å². The molecule has 2 aromatic carbocycles. The maximum Gasteiger partial charge on any atom is 0.428 e. The van der Waals surface area contributed by atoms with Crippen LogP contribution < -0.4 is 10.0 Å². The molecule has 0 unspecified atom stereocenters. The van der Waals surface area contributed by atoms with Crippen LogP contribution in [0.4, 0.5) is 38.4 Å². The van der Waals surface area contributed by atoms with Gasteiger partial charge in [0, 0.05) is 18.0 Å². The number of nitrogens with two attached hydrogens (primary N) is 1. The van der Waals surface area contributed by atoms with Crippen LogP contribution in [-0.2, 0) is 21.3 Å². The minimum atomic E-state index is -5.37. The Morgan fingerprint density at radius 2 is 1.83 bits per heavy atom. The number of rotatable bonds is 9. The highest BCUT2D eigenvalue weighted by Gasteiger charge is 2.38. The number of aromatic nitrogens is 4. The molecule has 216 valence electrons. The minimum absolute atomic E-state index is 0.0375. The van der Waals surface area contributed by atoms with E-state index in [4.69, 9.17) is 10.5 Å². The van der Waals surface area contributed by atoms with Crippen molar-refractivity contribution in [3.8, 4) is 22.5 Å². The molecule has 16 heteroatoms. The molecule has 4 rings (SSSR count). The number of ether oxygens (including phenoxy) is 1. The van der Waals surface area contributed by atoms with Crippen LogP contribution in [0.3, 0.4) is 0 Å². The van der Waals surface area contributed by atoms with Gasteiger partial charge in [0.2, 0.25) is 5.95 Å². The van der Waals surface area contributed by atoms with Crippen LogP contribution in [0.2, 0.25) is 0 Å². The smallest absolute Gasteiger partial charge is 0.428 e. The number of alkyl halides is 1. The number of anilines is 2. The van der Waals surface area contributed by atoms with E-state index in [1.165, 1.54) is 18.5 Å². The zero-order chi connectivity index (χ0) is 29.9. The van der Waals surface area contributed by atoms with E-state index in [0.29, 0.717) is 30.3 Å². The van der Waals surface area contributed by atoms with Crippen LogP contribution >= 0.6 is 0 Å². The molecular formula is C25H21F5N6O4S. The second-order valence-electron chi connectivity index (χ2n) is 8.36. The summed E-state index contributed by atoms with van der Waals surface area (Å²) in [5.41, 5.74) is 3.16. The molecule has 0 saturated heterocycles. The second kappa shape index (κ2) is 11.9. The van der Waals surface area contributed by atoms with Crippen molar-refractivity contribution in [2.45, 2.75) is 24.8 Å². The predicted octanol–water partition coefficient (Wildman–Crippen LogP) is 4.86. The number of nitrogen functional groups attached to an aromatic ring is 1. The van der Waals surface area contributed by atoms with Gasteiger partial charge in [0.05, 0.1) is 24.4 Å². The van der Waals surface area contributed by atoms with E-state index in [9.17, 15) is 26.4 Å². The normalized spacial score (nSPS) is 11.5. The molecule has 0 aliphatic carbocycles. The number of sulfonamides is 1. The lowest BCUT2D eigenvalue weighted by molar-refractivity contribution is 0.157. The van der Waals surface area contributed by atoms with Gasteiger partial charge in [0.1, 0.15) is 40.4 Å². The average molecular weight is 597 g/mol. The zero-order valence-electron chi connectivity index (χ0n) is 21.2. The minimum Gasteiger partial charge on any atom is -0.448 e. The molecule has 0 spiro atoms. The monoisotopic (exact) mass is 596 g/mol. The van der Waals surface area contributed by atoms with Crippen LogP contribution in [-0.4, -0.2) is 47.5 Å². The molecule has 10 nitrogen and oxygen atoms in total. The molecule has 0 fully saturated rings. The Balaban J connectivity index is 1.98. The third kappa shape index (κ3) is 5.82. The maximum atomic E-state index is 16.2. The van der Waals surface area contributed by atoms with Gasteiger partial charge in [-0.05, 0) is 42.8 Å². The number of halogens is 5. The second-order valence-corrected chi connectivity index (χ2v) is 10.1. The number of carbonyl (C=O) groups is 1. The number of benzene rings is 2. The zero-order valence-corrected chi connectivity index (χ0v) is 22.0. The van der Waals surface area contributed by atoms with Gasteiger partial charge in [0.25, 0.3) is 10.0 Å². The first kappa shape index (κ1) is 29.4. The fourth-order valence-electron chi connectivity index (χ4n) is 3.78. The molecule has 0 bridgehead atoms. The molecule has 0 saturated carbocycles. The summed E-state index contributed by atoms with van der Waals surface area (Å²) in [7, 11) is -5.37. The molecule has 2 N–H and O–H groups in total. The summed E-state index contributed by atoms with van der Waals surface area (Å²) in [5.74, 6) is -5.70. The van der Waals surface area contributed by atoms with Crippen LogP contribution in [0, 0.1) is 23.3 Å². The molecule has 4 aromatic rings. The van der Waals surface area contributed by atoms with Crippen LogP contribution in [0.5, 0.6) is 0 Å². The molecule has 0 atom stereocenters. The van der Waals surface area contributed by atoms with E-state index < -0.39 is 67.9 Å². The van der Waals surface area contributed by atoms with Crippen LogP contribution in [0.25, 0.3) is 22.5 Å². The molecular weight excluding hydrogens is 575 g/mol. The fraction of sp³-hybridized carbons (Fsp3) is 0.200. The van der Waals surface area contributed by atoms with E-state index in [-0.39, 0.29) is 41.1 Å². The Hall–Kier alpha value is -4.60. The Morgan fingerprint density at radius 1 is 1.10 bits per heavy atom. The highest BCUT2D eigenvalue weighted by molar-refractivity contribution is 7.93. The fourth-order valence-corrected chi connectivity index (χ4v) is 5.20. The standard InChI is InChI=1S/C25H21F5N6O4S/c1-2-11-40-25(37)36(41(38,39)20-12-14(27)3-4-16(20)28)19-6-5-17(29)21(22(19)30)23-15(13-35(34-23)10-8-26)18-7-9-32-24(31)33-18/h3-7,9,12-13H,2,8,10-11H2,1H3,(H2,31,32,33). The summed E-state index contributed by atoms with van der Waals surface area (Å²) in [5, 5.41) is 4.04. The van der Waals surface area contributed by atoms with Crippen LogP contribution in [0.1, 0.15) is 13.3 Å². The molecule has 0 radical (unpaired) electrons. The summed E-state index contributed by atoms with van der Waals surface area (Å²) in [4.78, 5) is 19.4. The average Bonchev–Trinajstić information content (AvgIpc) is 3.33. The summed E-state index contributed by atoms with van der Waals surface area (Å²) < 4.78 is 106. The van der Waals surface area contributed by atoms with E-state index in [0.717, 1.165) is 4.68 Å². The number of carbonyl (C=O) groups excluding carboxylic acids is 1. The van der Waals surface area contributed by atoms with Crippen molar-refractivity contribution in [3.63, 3.8) is 0 Å². The maximum absolute atomic E-state index is 16.2. The van der Waals surface area contributed by atoms with Crippen molar-refractivity contribution in [2.24, 2.45) is 0 Å². The molecule has 2 aromatic heterocycles. The van der Waals surface area contributed by atoms with Gasteiger partial charge >= 0.3 is 6.09 Å². The summed E-state index contributed by atoms with van der Waals surface area (Å²) >= 11 is 0. The lowest BCUT2D eigenvalue weighted by Crippen LogP contribution is -2.39. The first-order valence-corrected chi connectivity index (χ1v) is 13.3. The first-order chi connectivity index (χ1) is 19.5. The van der Waals surface area contributed by atoms with Crippen molar-refractivity contribution < 1.29 is 39.9 Å². The molecule has 0 aliphatic rings. The molecule has 0 aliphatic heterocycles. The number of aryl methyl sites for hydroxylation is 1. The Kier molecular flexibility index (Phi) is 8.51. The highest BCUT2D eigenvalue weighted by Crippen LogP contribution is 2.39. The summed E-state index contributed by atoms with van der Waals surface area (Å²) in [6.07, 6.45) is 1.04. The number of hydrogen-bond acceptors (Lipinski definition) is 8.